The third-order valence-corrected chi connectivity index (χ3v) is 5.61. The maximum Gasteiger partial charge on any atom is 0.268 e. The zero-order chi connectivity index (χ0) is 21.6. The summed E-state index contributed by atoms with van der Waals surface area (Å²) in [6.45, 7) is 0. The molecule has 4 rings (SSSR count). The van der Waals surface area contributed by atoms with Gasteiger partial charge in [-0.25, -0.2) is 22.3 Å². The van der Waals surface area contributed by atoms with E-state index < -0.39 is 27.9 Å². The molecule has 9 heteroatoms. The first-order valence-corrected chi connectivity index (χ1v) is 10.5. The van der Waals surface area contributed by atoms with Crippen LogP contribution in [0.4, 0.5) is 14.5 Å². The number of fused-ring (bicyclic) bond motifs is 1. The fraction of sp³-hybridized carbons (Fsp3) is 0.143. The molecule has 2 N–H and O–H groups in total. The van der Waals surface area contributed by atoms with Gasteiger partial charge in [-0.2, -0.15) is 0 Å². The highest BCUT2D eigenvalue weighted by molar-refractivity contribution is 7.89. The fourth-order valence-corrected chi connectivity index (χ4v) is 4.20. The van der Waals surface area contributed by atoms with Gasteiger partial charge < -0.3 is 14.4 Å². The SMILES string of the molecule is CN(C)c1c(-c2ccccc2S(N)(=O)=O)ccc2c1OC(c1cc(F)cc(F)c1)O2. The molecule has 1 unspecified atom stereocenters. The zero-order valence-corrected chi connectivity index (χ0v) is 16.9. The first kappa shape index (κ1) is 20.1. The van der Waals surface area contributed by atoms with E-state index in [9.17, 15) is 17.2 Å². The van der Waals surface area contributed by atoms with Crippen molar-refractivity contribution in [1.82, 2.24) is 0 Å². The molecule has 6 nitrogen and oxygen atoms in total. The number of hydrogen-bond donors (Lipinski definition) is 1. The number of primary sulfonamides is 1. The molecule has 0 aromatic heterocycles. The maximum absolute atomic E-state index is 13.6. The lowest BCUT2D eigenvalue weighted by Gasteiger charge is -2.21. The van der Waals surface area contributed by atoms with Gasteiger partial charge in [0, 0.05) is 36.9 Å². The first-order valence-electron chi connectivity index (χ1n) is 8.91. The Morgan fingerprint density at radius 2 is 1.60 bits per heavy atom. The summed E-state index contributed by atoms with van der Waals surface area (Å²) in [5.74, 6) is -0.797. The fourth-order valence-electron chi connectivity index (χ4n) is 3.45. The minimum absolute atomic E-state index is 0.0317. The van der Waals surface area contributed by atoms with Crippen molar-refractivity contribution in [2.24, 2.45) is 5.14 Å². The normalized spacial score (nSPS) is 15.3. The predicted octanol–water partition coefficient (Wildman–Crippen LogP) is 3.82. The number of nitrogens with zero attached hydrogens (tertiary/aromatic N) is 1. The van der Waals surface area contributed by atoms with Crippen molar-refractivity contribution in [1.29, 1.82) is 0 Å². The van der Waals surface area contributed by atoms with E-state index >= 15 is 0 Å². The van der Waals surface area contributed by atoms with E-state index in [1.807, 2.05) is 0 Å². The van der Waals surface area contributed by atoms with Gasteiger partial charge in [-0.1, -0.05) is 18.2 Å². The highest BCUT2D eigenvalue weighted by atomic mass is 32.2. The molecule has 0 radical (unpaired) electrons. The second-order valence-corrected chi connectivity index (χ2v) is 8.52. The number of nitrogens with two attached hydrogens (primary N) is 1. The van der Waals surface area contributed by atoms with Crippen LogP contribution < -0.4 is 19.5 Å². The second-order valence-electron chi connectivity index (χ2n) is 6.99. The maximum atomic E-state index is 13.6. The Balaban J connectivity index is 1.85. The minimum Gasteiger partial charge on any atom is -0.447 e. The van der Waals surface area contributed by atoms with Crippen LogP contribution in [0.5, 0.6) is 11.5 Å². The molecule has 156 valence electrons. The molecule has 0 amide bonds. The van der Waals surface area contributed by atoms with Crippen LogP contribution in [0.25, 0.3) is 11.1 Å². The lowest BCUT2D eigenvalue weighted by atomic mass is 10.0. The monoisotopic (exact) mass is 432 g/mol. The molecule has 0 spiro atoms. The summed E-state index contributed by atoms with van der Waals surface area (Å²) in [6, 6.07) is 12.7. The van der Waals surface area contributed by atoms with Crippen molar-refractivity contribution in [3.63, 3.8) is 0 Å². The summed E-state index contributed by atoms with van der Waals surface area (Å²) in [6.07, 6.45) is -1.05. The highest BCUT2D eigenvalue weighted by Gasteiger charge is 2.32. The van der Waals surface area contributed by atoms with Crippen molar-refractivity contribution >= 4 is 15.7 Å². The van der Waals surface area contributed by atoms with Gasteiger partial charge in [0.1, 0.15) is 11.6 Å². The Kier molecular flexibility index (Phi) is 4.87. The average Bonchev–Trinajstić information content (AvgIpc) is 3.10. The van der Waals surface area contributed by atoms with Gasteiger partial charge in [-0.3, -0.25) is 0 Å². The van der Waals surface area contributed by atoms with Crippen molar-refractivity contribution < 1.29 is 26.7 Å². The summed E-state index contributed by atoms with van der Waals surface area (Å²) >= 11 is 0. The second kappa shape index (κ2) is 7.26. The Labute approximate surface area is 172 Å². The third kappa shape index (κ3) is 3.57. The van der Waals surface area contributed by atoms with Crippen LogP contribution >= 0.6 is 0 Å². The summed E-state index contributed by atoms with van der Waals surface area (Å²) in [5, 5.41) is 5.39. The molecule has 1 atom stereocenters. The molecule has 0 aliphatic carbocycles. The van der Waals surface area contributed by atoms with E-state index in [-0.39, 0.29) is 10.5 Å². The lowest BCUT2D eigenvalue weighted by molar-refractivity contribution is 0.0484. The van der Waals surface area contributed by atoms with Gasteiger partial charge in [0.25, 0.3) is 6.29 Å². The Bertz CT molecular complexity index is 1230. The van der Waals surface area contributed by atoms with Crippen LogP contribution in [0, 0.1) is 11.6 Å². The summed E-state index contributed by atoms with van der Waals surface area (Å²) in [4.78, 5) is 1.71. The number of rotatable bonds is 4. The molecule has 0 bridgehead atoms. The molecule has 0 saturated heterocycles. The van der Waals surface area contributed by atoms with Gasteiger partial charge in [-0.05, 0) is 30.3 Å². The quantitative estimate of drug-likeness (QED) is 0.678. The number of anilines is 1. The average molecular weight is 432 g/mol. The smallest absolute Gasteiger partial charge is 0.268 e. The highest BCUT2D eigenvalue weighted by Crippen LogP contribution is 2.51. The van der Waals surface area contributed by atoms with E-state index in [0.29, 0.717) is 28.3 Å². The van der Waals surface area contributed by atoms with Gasteiger partial charge in [0.05, 0.1) is 10.6 Å². The minimum atomic E-state index is -3.98. The van der Waals surface area contributed by atoms with Crippen LogP contribution in [0.15, 0.2) is 59.5 Å². The van der Waals surface area contributed by atoms with Crippen LogP contribution in [0.3, 0.4) is 0 Å². The van der Waals surface area contributed by atoms with E-state index in [0.717, 1.165) is 18.2 Å². The molecule has 1 heterocycles. The van der Waals surface area contributed by atoms with Gasteiger partial charge >= 0.3 is 0 Å². The molecule has 30 heavy (non-hydrogen) atoms. The van der Waals surface area contributed by atoms with Crippen LogP contribution in [0.2, 0.25) is 0 Å². The molecule has 1 aliphatic rings. The standard InChI is InChI=1S/C21H18F2N2O4S/c1-25(2)19-16(15-5-3-4-6-18(15)30(24,26)27)7-8-17-20(19)29-21(28-17)12-9-13(22)11-14(23)10-12/h3-11,21H,1-2H3,(H2,24,26,27). The van der Waals surface area contributed by atoms with Crippen LogP contribution in [-0.2, 0) is 10.0 Å². The van der Waals surface area contributed by atoms with Gasteiger partial charge in [-0.15, -0.1) is 0 Å². The number of halogens is 2. The van der Waals surface area contributed by atoms with E-state index in [2.05, 4.69) is 0 Å². The Morgan fingerprint density at radius 1 is 0.933 bits per heavy atom. The first-order chi connectivity index (χ1) is 14.1. The number of benzene rings is 3. The van der Waals surface area contributed by atoms with E-state index in [4.69, 9.17) is 14.6 Å². The topological polar surface area (TPSA) is 81.9 Å². The molecule has 0 fully saturated rings. The van der Waals surface area contributed by atoms with Crippen molar-refractivity contribution in [3.05, 3.63) is 71.8 Å². The third-order valence-electron chi connectivity index (χ3n) is 4.64. The zero-order valence-electron chi connectivity index (χ0n) is 16.1. The Hall–Kier alpha value is -3.17. The van der Waals surface area contributed by atoms with Crippen molar-refractivity contribution in [2.45, 2.75) is 11.2 Å². The number of hydrogen-bond acceptors (Lipinski definition) is 5. The number of sulfonamides is 1. The molecule has 3 aromatic rings. The molecule has 0 saturated carbocycles. The molecule has 3 aromatic carbocycles. The molecular weight excluding hydrogens is 414 g/mol. The van der Waals surface area contributed by atoms with Crippen LogP contribution in [0.1, 0.15) is 11.9 Å². The summed E-state index contributed by atoms with van der Waals surface area (Å²) in [5.41, 5.74) is 1.68. The van der Waals surface area contributed by atoms with Crippen LogP contribution in [-0.4, -0.2) is 22.5 Å². The largest absolute Gasteiger partial charge is 0.447 e. The van der Waals surface area contributed by atoms with Crippen molar-refractivity contribution in [2.75, 3.05) is 19.0 Å². The summed E-state index contributed by atoms with van der Waals surface area (Å²) in [7, 11) is -0.453. The van der Waals surface area contributed by atoms with Crippen molar-refractivity contribution in [3.8, 4) is 22.6 Å². The van der Waals surface area contributed by atoms with E-state index in [1.54, 1.807) is 49.3 Å². The summed E-state index contributed by atoms with van der Waals surface area (Å²) < 4.78 is 63.1. The molecular formula is C21H18F2N2O4S. The predicted molar refractivity (Wildman–Crippen MR) is 108 cm³/mol. The molecule has 1 aliphatic heterocycles. The Morgan fingerprint density at radius 3 is 2.23 bits per heavy atom. The van der Waals surface area contributed by atoms with Gasteiger partial charge in [0.2, 0.25) is 10.0 Å². The lowest BCUT2D eigenvalue weighted by Crippen LogP contribution is -2.15. The van der Waals surface area contributed by atoms with Gasteiger partial charge in [0.15, 0.2) is 11.5 Å². The van der Waals surface area contributed by atoms with E-state index in [1.165, 1.54) is 6.07 Å². The number of ether oxygens (including phenoxy) is 2.